The van der Waals surface area contributed by atoms with Crippen LogP contribution in [0.2, 0.25) is 15.1 Å². The van der Waals surface area contributed by atoms with Crippen LogP contribution >= 0.6 is 126 Å². The summed E-state index contributed by atoms with van der Waals surface area (Å²) in [7, 11) is 0. The van der Waals surface area contributed by atoms with E-state index in [-0.39, 0.29) is 66.9 Å². The Morgan fingerprint density at radius 3 is 1.09 bits per heavy atom. The van der Waals surface area contributed by atoms with Gasteiger partial charge in [0.1, 0.15) is 5.88 Å². The van der Waals surface area contributed by atoms with Gasteiger partial charge in [0.05, 0.1) is 88.2 Å². The molecule has 0 radical (unpaired) electrons. The van der Waals surface area contributed by atoms with Gasteiger partial charge in [-0.1, -0.05) is 250 Å². The highest BCUT2D eigenvalue weighted by Gasteiger charge is 2.32. The zero-order valence-corrected chi connectivity index (χ0v) is 86.5. The van der Waals surface area contributed by atoms with Gasteiger partial charge in [0, 0.05) is 48.2 Å². The number of alkyl halides is 1. The molecule has 18 aromatic rings. The van der Waals surface area contributed by atoms with E-state index < -0.39 is 23.8 Å². The number of halogens is 6. The number of carbonyl (C=O) groups excluding carboxylic acids is 3. The van der Waals surface area contributed by atoms with Crippen molar-refractivity contribution in [3.63, 3.8) is 0 Å². The van der Waals surface area contributed by atoms with Crippen LogP contribution in [0.1, 0.15) is 153 Å². The second-order valence-electron chi connectivity index (χ2n) is 34.8. The topological polar surface area (TPSA) is 411 Å². The Morgan fingerprint density at radius 2 is 0.717 bits per heavy atom. The molecule has 5 aliphatic carbocycles. The molecule has 0 spiro atoms. The molecule has 15 aromatic carbocycles. The minimum absolute atomic E-state index is 0.0350. The highest BCUT2D eigenvalue weighted by atomic mass is 79.9. The first kappa shape index (κ1) is 103. The number of thiocarbonyl (C=S) groups is 1. The molecule has 5 fully saturated rings. The zero-order valence-electron chi connectivity index (χ0n) is 77.1. The number of nitrogens with zero attached hydrogens (tertiary/aromatic N) is 9. The van der Waals surface area contributed by atoms with E-state index in [1.165, 1.54) is 213 Å². The molecule has 36 heteroatoms. The van der Waals surface area contributed by atoms with Crippen molar-refractivity contribution in [1.29, 1.82) is 0 Å². The van der Waals surface area contributed by atoms with Crippen molar-refractivity contribution in [1.82, 2.24) is 44.3 Å². The number of amides is 3. The van der Waals surface area contributed by atoms with E-state index >= 15 is 0 Å². The first-order chi connectivity index (χ1) is 70.2. The number of nitrogens with two attached hydrogens (primary N) is 4. The summed E-state index contributed by atoms with van der Waals surface area (Å²) in [6, 6.07) is 87.2. The summed E-state index contributed by atoms with van der Waals surface area (Å²) in [5, 5.41) is 76.3. The molecule has 3 aromatic heterocycles. The average molecular weight is 2210 g/mol. The molecule has 732 valence electrons. The van der Waals surface area contributed by atoms with Crippen LogP contribution in [0.5, 0.6) is 0 Å². The largest absolute Gasteiger partial charge is 0.478 e. The van der Waals surface area contributed by atoms with Gasteiger partial charge in [-0.05, 0) is 291 Å². The minimum Gasteiger partial charge on any atom is -0.478 e. The molecule has 0 unspecified atom stereocenters. The molecule has 15 N–H and O–H groups in total. The number of aromatic carboxylic acids is 3. The van der Waals surface area contributed by atoms with Gasteiger partial charge < -0.3 is 54.2 Å². The van der Waals surface area contributed by atoms with E-state index in [1.807, 2.05) is 83.4 Å². The summed E-state index contributed by atoms with van der Waals surface area (Å²) in [5.41, 5.74) is 37.5. The fourth-order valence-electron chi connectivity index (χ4n) is 17.1. The van der Waals surface area contributed by atoms with E-state index in [9.17, 15) is 28.8 Å². The highest BCUT2D eigenvalue weighted by molar-refractivity contribution is 9.10. The van der Waals surface area contributed by atoms with E-state index in [2.05, 4.69) is 240 Å². The lowest BCUT2D eigenvalue weighted by atomic mass is 9.99. The number of carbonyl (C=O) groups is 6. The second-order valence-corrected chi connectivity index (χ2v) is 40.3. The van der Waals surface area contributed by atoms with Gasteiger partial charge in [0.25, 0.3) is 0 Å². The molecular formula is C109H91Br2Cl4N17O9S4. The fourth-order valence-corrected chi connectivity index (χ4v) is 20.7. The monoisotopic (exact) mass is 2210 g/mol. The Bertz CT molecular complexity index is 7930. The lowest BCUT2D eigenvalue weighted by molar-refractivity contribution is -0.114. The van der Waals surface area contributed by atoms with Crippen molar-refractivity contribution in [2.75, 3.05) is 56.3 Å². The standard InChI is InChI=1S/C24H18BrClN4O3S.C24H20ClN5O3S.C15H14N4S.C14H11NS.C13H13N.C10H8BrN.C9H7Cl2NO3/c25-23-28-29-24(34-12-21(31)27-19-9-7-14(22(32)33)11-18(19)26)30(23)20-10-8-15(13-5-6-13)16-3-1-2-4-17(16)20;25-18-11-14(22(32)33)7-9-19(18)27-21(31)12-34-24-29-28-23(26)30(24)20-10-8-15(13-5-6-13)16-3-1-2-4-17(16)20;16-14-17-18-15(20)19(14)13-8-7-10(9-5-6-9)11-3-1-2-4-12(11)13;16-9-15-14-8-7-11(10-5-6-10)12-3-1-2-4-13(12)14;14-13-8-7-10(9-5-6-9)11-3-1-2-4-12(11)13;11-9-5-6-10(12)8-4-2-1-3-7(8)9;10-4-8(13)12-7-2-1-5(9(14)15)3-6(7)11/h1-4,7-11,13H,5-6,12H2,(H,27,31)(H,32,33);1-4,7-11,13H,5-6,12H2,(H2,26,28)(H,27,31)(H,32,33);1-4,7-9H,5-6H2,(H2,16,17)(H,18,20);1-4,7-8,10H,5-6H2;1-4,7-9H,5-6,14H2;1-6H,12H2;1-3H,4H2,(H,12,13)(H,14,15). The van der Waals surface area contributed by atoms with Crippen molar-refractivity contribution in [2.45, 2.75) is 104 Å². The molecule has 0 saturated heterocycles. The van der Waals surface area contributed by atoms with Gasteiger partial charge in [-0.2, -0.15) is 4.99 Å². The lowest BCUT2D eigenvalue weighted by Gasteiger charge is -2.14. The molecule has 26 nitrogen and oxygen atoms in total. The predicted octanol–water partition coefficient (Wildman–Crippen LogP) is 27.8. The number of carboxylic acid groups (broad SMARTS) is 3. The molecule has 5 saturated carbocycles. The normalized spacial score (nSPS) is 13.3. The molecular weight excluding hydrogens is 2120 g/mol. The summed E-state index contributed by atoms with van der Waals surface area (Å²) in [6.45, 7) is 0. The Hall–Kier alpha value is -13.9. The van der Waals surface area contributed by atoms with Crippen molar-refractivity contribution in [3.05, 3.63) is 347 Å². The molecule has 0 aliphatic heterocycles. The van der Waals surface area contributed by atoms with Crippen molar-refractivity contribution >= 4 is 278 Å². The number of aliphatic imine (C=N–C) groups is 1. The number of isothiocyanates is 1. The quantitative estimate of drug-likeness (QED) is 0.00987. The fraction of sp³-hybridized carbons (Fsp3) is 0.165. The Labute approximate surface area is 887 Å². The highest BCUT2D eigenvalue weighted by Crippen LogP contribution is 2.50. The van der Waals surface area contributed by atoms with E-state index in [1.54, 1.807) is 9.13 Å². The van der Waals surface area contributed by atoms with Crippen molar-refractivity contribution < 1.29 is 44.1 Å². The van der Waals surface area contributed by atoms with Crippen LogP contribution in [0.15, 0.2) is 297 Å². The maximum atomic E-state index is 12.6. The summed E-state index contributed by atoms with van der Waals surface area (Å²) in [4.78, 5) is 72.9. The van der Waals surface area contributed by atoms with Crippen molar-refractivity contribution in [2.24, 2.45) is 4.99 Å². The van der Waals surface area contributed by atoms with Gasteiger partial charge in [-0.15, -0.1) is 37.1 Å². The first-order valence-corrected chi connectivity index (χ1v) is 52.1. The van der Waals surface area contributed by atoms with Crippen LogP contribution in [-0.4, -0.2) is 118 Å². The number of nitrogen functional groups attached to an aromatic ring is 4. The maximum Gasteiger partial charge on any atom is 0.335 e. The summed E-state index contributed by atoms with van der Waals surface area (Å²) >= 11 is 42.6. The molecule has 3 heterocycles. The number of fused-ring (bicyclic) bond motifs is 6. The summed E-state index contributed by atoms with van der Waals surface area (Å²) in [6.07, 6.45) is 12.8. The van der Waals surface area contributed by atoms with Gasteiger partial charge in [-0.25, -0.2) is 19.5 Å². The molecule has 0 atom stereocenters. The number of nitrogens with one attached hydrogen (secondary N) is 4. The molecule has 0 bridgehead atoms. The van der Waals surface area contributed by atoms with Crippen LogP contribution in [0, 0.1) is 4.77 Å². The third kappa shape index (κ3) is 24.7. The van der Waals surface area contributed by atoms with Crippen LogP contribution in [0.25, 0.3) is 81.7 Å². The zero-order chi connectivity index (χ0) is 102. The van der Waals surface area contributed by atoms with Crippen LogP contribution < -0.4 is 38.9 Å². The molecule has 3 amide bonds. The van der Waals surface area contributed by atoms with Crippen LogP contribution in [0.4, 0.5) is 46.0 Å². The number of benzene rings is 15. The number of thioether (sulfide) groups is 2. The van der Waals surface area contributed by atoms with Gasteiger partial charge in [0.15, 0.2) is 10.3 Å². The maximum absolute atomic E-state index is 12.6. The third-order valence-corrected chi connectivity index (χ3v) is 29.4. The number of aromatic nitrogens is 9. The van der Waals surface area contributed by atoms with E-state index in [0.29, 0.717) is 60.6 Å². The first-order valence-electron chi connectivity index (χ1n) is 46.1. The third-order valence-electron chi connectivity index (χ3n) is 24.8. The summed E-state index contributed by atoms with van der Waals surface area (Å²) in [5.74, 6) is -0.241. The van der Waals surface area contributed by atoms with E-state index in [0.717, 1.165) is 72.0 Å². The molecule has 23 rings (SSSR count). The number of rotatable bonds is 22. The van der Waals surface area contributed by atoms with E-state index in [4.69, 9.17) is 96.9 Å². The van der Waals surface area contributed by atoms with Gasteiger partial charge in [-0.3, -0.25) is 28.1 Å². The number of anilines is 7. The minimum atomic E-state index is -1.09. The second kappa shape index (κ2) is 46.5. The number of hydrogen-bond acceptors (Lipinski definition) is 20. The van der Waals surface area contributed by atoms with Crippen LogP contribution in [0.3, 0.4) is 0 Å². The van der Waals surface area contributed by atoms with Crippen molar-refractivity contribution in [3.8, 4) is 17.1 Å². The predicted molar refractivity (Wildman–Crippen MR) is 597 cm³/mol. The van der Waals surface area contributed by atoms with Gasteiger partial charge >= 0.3 is 17.9 Å². The number of H-pyrrole nitrogens is 1. The van der Waals surface area contributed by atoms with Gasteiger partial charge in [0.2, 0.25) is 39.1 Å². The summed E-state index contributed by atoms with van der Waals surface area (Å²) < 4.78 is 7.59. The lowest BCUT2D eigenvalue weighted by Crippen LogP contribution is -2.15. The number of hydrogen-bond donors (Lipinski definition) is 11. The molecule has 145 heavy (non-hydrogen) atoms. The Balaban J connectivity index is 0.000000120. The number of carboxylic acids is 3. The average Bonchev–Trinajstić information content (AvgIpc) is 1.70. The smallest absolute Gasteiger partial charge is 0.335 e. The Morgan fingerprint density at radius 1 is 0.393 bits per heavy atom. The number of aromatic amines is 1. The van der Waals surface area contributed by atoms with Crippen LogP contribution in [-0.2, 0) is 14.4 Å². The SMILES string of the molecule is Nc1ccc(Br)c2ccccc12.Nc1ccc(C2CC2)c2ccccc12.Nc1n[nH]c(=S)n1-c1ccc(C2CC2)c2ccccc12.Nc1nnc(SCC(=O)Nc2ccc(C(=O)O)cc2Cl)n1-c1ccc(C2CC2)c2ccccc12.O=C(CCl)Nc1ccc(C(=O)O)cc1Cl.O=C(CSc1nnc(Br)n1-c1ccc(C2CC2)c2ccccc12)Nc1ccc(C(=O)O)cc1Cl.S=C=Nc1ccc(C2CC2)c2ccccc12. The molecule has 5 aliphatic rings. The Kier molecular flexibility index (Phi) is 32.9.